The van der Waals surface area contributed by atoms with Crippen LogP contribution in [0.4, 0.5) is 0 Å². The summed E-state index contributed by atoms with van der Waals surface area (Å²) in [5.74, 6) is -0.229. The first-order chi connectivity index (χ1) is 9.30. The van der Waals surface area contributed by atoms with E-state index < -0.39 is 5.60 Å². The minimum atomic E-state index is -0.787. The van der Waals surface area contributed by atoms with Crippen molar-refractivity contribution in [1.29, 1.82) is 0 Å². The van der Waals surface area contributed by atoms with Crippen LogP contribution in [-0.4, -0.2) is 28.1 Å². The molecule has 1 fully saturated rings. The zero-order valence-electron chi connectivity index (χ0n) is 11.9. The monoisotopic (exact) mass is 296 g/mol. The molecule has 1 aliphatic carbocycles. The van der Waals surface area contributed by atoms with Crippen molar-refractivity contribution in [3.05, 3.63) is 29.0 Å². The lowest BCUT2D eigenvalue weighted by Crippen LogP contribution is -2.46. The molecule has 1 aliphatic rings. The van der Waals surface area contributed by atoms with Crippen molar-refractivity contribution in [2.24, 2.45) is 5.41 Å². The van der Waals surface area contributed by atoms with Crippen LogP contribution >= 0.6 is 11.6 Å². The van der Waals surface area contributed by atoms with Gasteiger partial charge in [-0.15, -0.1) is 0 Å². The number of hydrogen-bond acceptors (Lipinski definition) is 3. The molecule has 2 rings (SSSR count). The molecule has 0 aromatic carbocycles. The molecule has 1 saturated carbocycles. The molecular formula is C15H21ClN2O2. The molecule has 110 valence electrons. The summed E-state index contributed by atoms with van der Waals surface area (Å²) in [4.78, 5) is 15.8. The summed E-state index contributed by atoms with van der Waals surface area (Å²) >= 11 is 5.68. The van der Waals surface area contributed by atoms with Crippen molar-refractivity contribution < 1.29 is 9.90 Å². The standard InChI is InChI=1S/C15H21ClN2O2/c1-14(2)5-7-15(20,8-6-14)10-18-13(19)11-3-4-12(16)17-9-11/h3-4,9,20H,5-8,10H2,1-2H3,(H,18,19). The van der Waals surface area contributed by atoms with Gasteiger partial charge < -0.3 is 10.4 Å². The number of nitrogens with zero attached hydrogens (tertiary/aromatic N) is 1. The van der Waals surface area contributed by atoms with E-state index in [0.717, 1.165) is 25.7 Å². The van der Waals surface area contributed by atoms with Crippen molar-refractivity contribution in [2.75, 3.05) is 6.54 Å². The summed E-state index contributed by atoms with van der Waals surface area (Å²) in [6, 6.07) is 3.20. The number of nitrogens with one attached hydrogen (secondary N) is 1. The normalized spacial score (nSPS) is 20.4. The largest absolute Gasteiger partial charge is 0.388 e. The molecule has 1 amide bonds. The second-order valence-corrected chi connectivity index (χ2v) is 6.83. The van der Waals surface area contributed by atoms with Gasteiger partial charge in [-0.05, 0) is 43.2 Å². The number of amides is 1. The highest BCUT2D eigenvalue weighted by Gasteiger charge is 2.36. The first-order valence-corrected chi connectivity index (χ1v) is 7.30. The first kappa shape index (κ1) is 15.3. The van der Waals surface area contributed by atoms with Crippen LogP contribution < -0.4 is 5.32 Å². The van der Waals surface area contributed by atoms with Gasteiger partial charge in [-0.2, -0.15) is 0 Å². The van der Waals surface area contributed by atoms with Crippen molar-refractivity contribution in [3.8, 4) is 0 Å². The molecule has 0 aliphatic heterocycles. The molecule has 1 heterocycles. The van der Waals surface area contributed by atoms with E-state index in [9.17, 15) is 9.90 Å². The number of halogens is 1. The highest BCUT2D eigenvalue weighted by Crippen LogP contribution is 2.39. The number of aliphatic hydroxyl groups is 1. The molecule has 1 aromatic rings. The van der Waals surface area contributed by atoms with E-state index in [4.69, 9.17) is 11.6 Å². The second kappa shape index (κ2) is 5.70. The fourth-order valence-electron chi connectivity index (χ4n) is 2.43. The summed E-state index contributed by atoms with van der Waals surface area (Å²) in [5, 5.41) is 13.6. The van der Waals surface area contributed by atoms with Crippen molar-refractivity contribution in [2.45, 2.75) is 45.1 Å². The Morgan fingerprint density at radius 2 is 2.00 bits per heavy atom. The Kier molecular flexibility index (Phi) is 4.35. The van der Waals surface area contributed by atoms with Gasteiger partial charge in [0.1, 0.15) is 5.15 Å². The van der Waals surface area contributed by atoms with Crippen LogP contribution in [0, 0.1) is 5.41 Å². The molecule has 20 heavy (non-hydrogen) atoms. The molecule has 2 N–H and O–H groups in total. The number of carbonyl (C=O) groups is 1. The Labute approximate surface area is 124 Å². The second-order valence-electron chi connectivity index (χ2n) is 6.44. The highest BCUT2D eigenvalue weighted by atomic mass is 35.5. The van der Waals surface area contributed by atoms with Crippen LogP contribution in [0.25, 0.3) is 0 Å². The fourth-order valence-corrected chi connectivity index (χ4v) is 2.54. The van der Waals surface area contributed by atoms with Crippen LogP contribution in [0.5, 0.6) is 0 Å². The van der Waals surface area contributed by atoms with Gasteiger partial charge >= 0.3 is 0 Å². The van der Waals surface area contributed by atoms with E-state index in [-0.39, 0.29) is 17.9 Å². The molecule has 0 spiro atoms. The Morgan fingerprint density at radius 1 is 1.35 bits per heavy atom. The Morgan fingerprint density at radius 3 is 2.55 bits per heavy atom. The van der Waals surface area contributed by atoms with E-state index >= 15 is 0 Å². The predicted octanol–water partition coefficient (Wildman–Crippen LogP) is 2.80. The van der Waals surface area contributed by atoms with Gasteiger partial charge in [-0.1, -0.05) is 25.4 Å². The summed E-state index contributed by atoms with van der Waals surface area (Å²) in [6.45, 7) is 4.71. The van der Waals surface area contributed by atoms with Gasteiger partial charge in [-0.3, -0.25) is 4.79 Å². The Bertz CT molecular complexity index is 475. The smallest absolute Gasteiger partial charge is 0.252 e. The number of hydrogen-bond donors (Lipinski definition) is 2. The Hall–Kier alpha value is -1.13. The molecule has 5 heteroatoms. The van der Waals surface area contributed by atoms with Crippen molar-refractivity contribution in [3.63, 3.8) is 0 Å². The van der Waals surface area contributed by atoms with Crippen LogP contribution in [-0.2, 0) is 0 Å². The average Bonchev–Trinajstić information content (AvgIpc) is 2.41. The van der Waals surface area contributed by atoms with Gasteiger partial charge in [0, 0.05) is 12.7 Å². The lowest BCUT2D eigenvalue weighted by molar-refractivity contribution is -0.0233. The number of rotatable bonds is 3. The number of pyridine rings is 1. The average molecular weight is 297 g/mol. The summed E-state index contributed by atoms with van der Waals surface area (Å²) in [6.07, 6.45) is 4.83. The maximum Gasteiger partial charge on any atom is 0.252 e. The zero-order chi connectivity index (χ0) is 14.8. The molecule has 0 bridgehead atoms. The molecule has 4 nitrogen and oxygen atoms in total. The Balaban J connectivity index is 1.89. The molecule has 0 radical (unpaired) electrons. The molecular weight excluding hydrogens is 276 g/mol. The van der Waals surface area contributed by atoms with Crippen LogP contribution in [0.2, 0.25) is 5.15 Å². The van der Waals surface area contributed by atoms with Crippen LogP contribution in [0.3, 0.4) is 0 Å². The lowest BCUT2D eigenvalue weighted by atomic mass is 9.71. The van der Waals surface area contributed by atoms with Crippen LogP contribution in [0.15, 0.2) is 18.3 Å². The minimum Gasteiger partial charge on any atom is -0.388 e. The van der Waals surface area contributed by atoms with E-state index in [0.29, 0.717) is 10.7 Å². The van der Waals surface area contributed by atoms with E-state index in [1.807, 2.05) is 0 Å². The topological polar surface area (TPSA) is 62.2 Å². The highest BCUT2D eigenvalue weighted by molar-refractivity contribution is 6.29. The maximum absolute atomic E-state index is 12.0. The maximum atomic E-state index is 12.0. The quantitative estimate of drug-likeness (QED) is 0.843. The van der Waals surface area contributed by atoms with Crippen molar-refractivity contribution >= 4 is 17.5 Å². The van der Waals surface area contributed by atoms with E-state index in [1.54, 1.807) is 12.1 Å². The number of aromatic nitrogens is 1. The molecule has 0 atom stereocenters. The van der Waals surface area contributed by atoms with Crippen LogP contribution in [0.1, 0.15) is 49.9 Å². The summed E-state index contributed by atoms with van der Waals surface area (Å²) < 4.78 is 0. The lowest BCUT2D eigenvalue weighted by Gasteiger charge is -2.40. The van der Waals surface area contributed by atoms with Gasteiger partial charge in [0.05, 0.1) is 11.2 Å². The predicted molar refractivity (Wildman–Crippen MR) is 78.8 cm³/mol. The van der Waals surface area contributed by atoms with Gasteiger partial charge in [0.2, 0.25) is 0 Å². The van der Waals surface area contributed by atoms with E-state index in [1.165, 1.54) is 6.20 Å². The van der Waals surface area contributed by atoms with Gasteiger partial charge in [0.15, 0.2) is 0 Å². The summed E-state index contributed by atoms with van der Waals surface area (Å²) in [5.41, 5.74) is -0.0457. The third-order valence-electron chi connectivity index (χ3n) is 4.10. The molecule has 0 saturated heterocycles. The van der Waals surface area contributed by atoms with Crippen molar-refractivity contribution in [1.82, 2.24) is 10.3 Å². The first-order valence-electron chi connectivity index (χ1n) is 6.92. The van der Waals surface area contributed by atoms with E-state index in [2.05, 4.69) is 24.1 Å². The summed E-state index contributed by atoms with van der Waals surface area (Å²) in [7, 11) is 0. The zero-order valence-corrected chi connectivity index (χ0v) is 12.7. The SMILES string of the molecule is CC1(C)CCC(O)(CNC(=O)c2ccc(Cl)nc2)CC1. The number of carbonyl (C=O) groups excluding carboxylic acids is 1. The van der Waals surface area contributed by atoms with Gasteiger partial charge in [-0.25, -0.2) is 4.98 Å². The molecule has 0 unspecified atom stereocenters. The van der Waals surface area contributed by atoms with Gasteiger partial charge in [0.25, 0.3) is 5.91 Å². The third-order valence-corrected chi connectivity index (χ3v) is 4.33. The third kappa shape index (κ3) is 3.93. The fraction of sp³-hybridized carbons (Fsp3) is 0.600. The minimum absolute atomic E-state index is 0.229. The molecule has 1 aromatic heterocycles.